The molecule has 0 amide bonds. The molecule has 1 aliphatic heterocycles. The van der Waals surface area contributed by atoms with Gasteiger partial charge in [0.25, 0.3) is 0 Å². The second-order valence-corrected chi connectivity index (χ2v) is 6.51. The van der Waals surface area contributed by atoms with Gasteiger partial charge in [0, 0.05) is 6.07 Å². The third-order valence-corrected chi connectivity index (χ3v) is 4.93. The third kappa shape index (κ3) is 2.93. The van der Waals surface area contributed by atoms with Crippen molar-refractivity contribution in [3.63, 3.8) is 0 Å². The molecule has 26 heavy (non-hydrogen) atoms. The van der Waals surface area contributed by atoms with Gasteiger partial charge < -0.3 is 14.4 Å². The van der Waals surface area contributed by atoms with Crippen LogP contribution in [0.15, 0.2) is 47.0 Å². The minimum Gasteiger partial charge on any atom is -0.496 e. The summed E-state index contributed by atoms with van der Waals surface area (Å²) in [6.07, 6.45) is 1.56. The van der Waals surface area contributed by atoms with Gasteiger partial charge in [0.05, 0.1) is 19.2 Å². The molecule has 0 bridgehead atoms. The van der Waals surface area contributed by atoms with Gasteiger partial charge in [-0.05, 0) is 36.2 Å². The second-order valence-electron chi connectivity index (χ2n) is 6.51. The molecule has 0 radical (unpaired) electrons. The Morgan fingerprint density at radius 1 is 1.35 bits per heavy atom. The molecule has 1 aromatic heterocycles. The number of likely N-dealkylation sites (tertiary alicyclic amines) is 1. The molecular formula is C20H20N2O4. The number of carboxylic acid groups (broad SMARTS) is 1. The van der Waals surface area contributed by atoms with Crippen molar-refractivity contribution in [3.05, 3.63) is 48.2 Å². The fourth-order valence-electron chi connectivity index (χ4n) is 3.69. The van der Waals surface area contributed by atoms with Crippen LogP contribution in [0.25, 0.3) is 22.0 Å². The average molecular weight is 352 g/mol. The number of rotatable bonds is 5. The Hall–Kier alpha value is -2.86. The van der Waals surface area contributed by atoms with E-state index in [1.807, 2.05) is 47.4 Å². The van der Waals surface area contributed by atoms with E-state index in [2.05, 4.69) is 5.16 Å². The molecule has 134 valence electrons. The van der Waals surface area contributed by atoms with Crippen molar-refractivity contribution in [1.29, 1.82) is 0 Å². The van der Waals surface area contributed by atoms with Gasteiger partial charge in [-0.3, -0.25) is 9.69 Å². The van der Waals surface area contributed by atoms with E-state index < -0.39 is 12.0 Å². The summed E-state index contributed by atoms with van der Waals surface area (Å²) in [7, 11) is 1.64. The van der Waals surface area contributed by atoms with Crippen LogP contribution >= 0.6 is 0 Å². The van der Waals surface area contributed by atoms with Crippen LogP contribution in [0.2, 0.25) is 0 Å². The zero-order chi connectivity index (χ0) is 18.1. The van der Waals surface area contributed by atoms with Gasteiger partial charge in [-0.1, -0.05) is 35.5 Å². The third-order valence-electron chi connectivity index (χ3n) is 4.93. The fraction of sp³-hybridized carbons (Fsp3) is 0.300. The molecule has 0 aliphatic carbocycles. The molecule has 4 rings (SSSR count). The zero-order valence-electron chi connectivity index (χ0n) is 14.5. The molecule has 1 N–H and O–H groups in total. The molecular weight excluding hydrogens is 332 g/mol. The Kier molecular flexibility index (Phi) is 4.34. The SMILES string of the molecule is COc1ccc2ccccc2c1-c1cc(CN2CCCC2C(=O)O)on1. The molecule has 6 nitrogen and oxygen atoms in total. The number of fused-ring (bicyclic) bond motifs is 1. The molecule has 3 aromatic rings. The Morgan fingerprint density at radius 3 is 3.00 bits per heavy atom. The first-order valence-electron chi connectivity index (χ1n) is 8.66. The van der Waals surface area contributed by atoms with E-state index in [0.717, 1.165) is 35.1 Å². The Balaban J connectivity index is 1.68. The van der Waals surface area contributed by atoms with Crippen molar-refractivity contribution >= 4 is 16.7 Å². The summed E-state index contributed by atoms with van der Waals surface area (Å²) in [6, 6.07) is 13.4. The maximum absolute atomic E-state index is 11.4. The normalized spacial score (nSPS) is 17.7. The zero-order valence-corrected chi connectivity index (χ0v) is 14.5. The highest BCUT2D eigenvalue weighted by Gasteiger charge is 2.31. The predicted molar refractivity (Wildman–Crippen MR) is 97.1 cm³/mol. The van der Waals surface area contributed by atoms with E-state index in [4.69, 9.17) is 9.26 Å². The van der Waals surface area contributed by atoms with Crippen molar-refractivity contribution in [2.24, 2.45) is 0 Å². The smallest absolute Gasteiger partial charge is 0.320 e. The van der Waals surface area contributed by atoms with Gasteiger partial charge in [0.2, 0.25) is 0 Å². The van der Waals surface area contributed by atoms with E-state index in [1.54, 1.807) is 7.11 Å². The number of carbonyl (C=O) groups is 1. The van der Waals surface area contributed by atoms with E-state index >= 15 is 0 Å². The van der Waals surface area contributed by atoms with E-state index in [1.165, 1.54) is 0 Å². The fourth-order valence-corrected chi connectivity index (χ4v) is 3.69. The lowest BCUT2D eigenvalue weighted by Gasteiger charge is -2.18. The van der Waals surface area contributed by atoms with Crippen LogP contribution < -0.4 is 4.74 Å². The highest BCUT2D eigenvalue weighted by atomic mass is 16.5. The van der Waals surface area contributed by atoms with Crippen LogP contribution in [0, 0.1) is 0 Å². The second kappa shape index (κ2) is 6.80. The van der Waals surface area contributed by atoms with Crippen molar-refractivity contribution in [3.8, 4) is 17.0 Å². The van der Waals surface area contributed by atoms with Crippen LogP contribution in [0.5, 0.6) is 5.75 Å². The van der Waals surface area contributed by atoms with Crippen LogP contribution in [0.1, 0.15) is 18.6 Å². The summed E-state index contributed by atoms with van der Waals surface area (Å²) in [5.41, 5.74) is 1.58. The van der Waals surface area contributed by atoms with Gasteiger partial charge in [-0.25, -0.2) is 0 Å². The van der Waals surface area contributed by atoms with Gasteiger partial charge in [-0.15, -0.1) is 0 Å². The number of benzene rings is 2. The lowest BCUT2D eigenvalue weighted by Crippen LogP contribution is -2.35. The summed E-state index contributed by atoms with van der Waals surface area (Å²) in [5, 5.41) is 15.7. The number of nitrogens with zero attached hydrogens (tertiary/aromatic N) is 2. The molecule has 1 aliphatic rings. The summed E-state index contributed by atoms with van der Waals surface area (Å²) < 4.78 is 11.0. The van der Waals surface area contributed by atoms with Crippen LogP contribution in [0.4, 0.5) is 0 Å². The standard InChI is InChI=1S/C20H20N2O4/c1-25-18-9-8-13-5-2-3-6-15(13)19(18)16-11-14(26-21-16)12-22-10-4-7-17(22)20(23)24/h2-3,5-6,8-9,11,17H,4,7,10,12H2,1H3,(H,23,24). The maximum Gasteiger partial charge on any atom is 0.320 e. The van der Waals surface area contributed by atoms with E-state index in [-0.39, 0.29) is 0 Å². The van der Waals surface area contributed by atoms with E-state index in [9.17, 15) is 9.90 Å². The largest absolute Gasteiger partial charge is 0.496 e. The Morgan fingerprint density at radius 2 is 2.19 bits per heavy atom. The molecule has 1 fully saturated rings. The monoisotopic (exact) mass is 352 g/mol. The van der Waals surface area contributed by atoms with Crippen LogP contribution in [-0.4, -0.2) is 40.8 Å². The first kappa shape index (κ1) is 16.6. The van der Waals surface area contributed by atoms with Crippen molar-refractivity contribution in [2.75, 3.05) is 13.7 Å². The lowest BCUT2D eigenvalue weighted by molar-refractivity contribution is -0.142. The number of ether oxygens (including phenoxy) is 1. The first-order chi connectivity index (χ1) is 12.7. The van der Waals surface area contributed by atoms with Gasteiger partial charge in [0.15, 0.2) is 5.76 Å². The van der Waals surface area contributed by atoms with Crippen molar-refractivity contribution in [1.82, 2.24) is 10.1 Å². The molecule has 1 unspecified atom stereocenters. The number of hydrogen-bond acceptors (Lipinski definition) is 5. The van der Waals surface area contributed by atoms with Gasteiger partial charge in [0.1, 0.15) is 17.5 Å². The molecule has 2 heterocycles. The minimum atomic E-state index is -0.780. The van der Waals surface area contributed by atoms with Crippen molar-refractivity contribution in [2.45, 2.75) is 25.4 Å². The number of aromatic nitrogens is 1. The highest BCUT2D eigenvalue weighted by Crippen LogP contribution is 2.36. The van der Waals surface area contributed by atoms with Crippen LogP contribution in [0.3, 0.4) is 0 Å². The van der Waals surface area contributed by atoms with Crippen LogP contribution in [-0.2, 0) is 11.3 Å². The molecule has 6 heteroatoms. The number of methoxy groups -OCH3 is 1. The summed E-state index contributed by atoms with van der Waals surface area (Å²) in [5.74, 6) is 0.606. The van der Waals surface area contributed by atoms with Gasteiger partial charge >= 0.3 is 5.97 Å². The molecule has 1 saturated heterocycles. The minimum absolute atomic E-state index is 0.442. The summed E-state index contributed by atoms with van der Waals surface area (Å²) >= 11 is 0. The Labute approximate surface area is 151 Å². The summed E-state index contributed by atoms with van der Waals surface area (Å²) in [4.78, 5) is 13.3. The first-order valence-corrected chi connectivity index (χ1v) is 8.66. The average Bonchev–Trinajstić information content (AvgIpc) is 3.30. The number of hydrogen-bond donors (Lipinski definition) is 1. The molecule has 0 saturated carbocycles. The number of aliphatic carboxylic acids is 1. The molecule has 2 aromatic carbocycles. The predicted octanol–water partition coefficient (Wildman–Crippen LogP) is 3.55. The number of carboxylic acids is 1. The quantitative estimate of drug-likeness (QED) is 0.757. The Bertz CT molecular complexity index is 950. The topological polar surface area (TPSA) is 75.8 Å². The summed E-state index contributed by atoms with van der Waals surface area (Å²) in [6.45, 7) is 1.20. The molecule has 1 atom stereocenters. The van der Waals surface area contributed by atoms with Gasteiger partial charge in [-0.2, -0.15) is 0 Å². The molecule has 0 spiro atoms. The lowest BCUT2D eigenvalue weighted by atomic mass is 10.0. The van der Waals surface area contributed by atoms with Crippen molar-refractivity contribution < 1.29 is 19.2 Å². The maximum atomic E-state index is 11.4. The van der Waals surface area contributed by atoms with E-state index in [0.29, 0.717) is 24.4 Å². The highest BCUT2D eigenvalue weighted by molar-refractivity contribution is 5.98.